The minimum Gasteiger partial charge on any atom is -0.263 e. The van der Waals surface area contributed by atoms with Crippen molar-refractivity contribution in [1.29, 1.82) is 0 Å². The highest BCUT2D eigenvalue weighted by Crippen LogP contribution is 2.33. The first kappa shape index (κ1) is 20.7. The Balaban J connectivity index is 2.28. The van der Waals surface area contributed by atoms with Crippen molar-refractivity contribution in [2.75, 3.05) is 3.71 Å². The second-order valence-corrected chi connectivity index (χ2v) is 9.81. The van der Waals surface area contributed by atoms with Crippen molar-refractivity contribution >= 4 is 43.0 Å². The van der Waals surface area contributed by atoms with E-state index >= 15 is 0 Å². The predicted molar refractivity (Wildman–Crippen MR) is 106 cm³/mol. The van der Waals surface area contributed by atoms with Gasteiger partial charge >= 0.3 is 0 Å². The molecule has 0 atom stereocenters. The van der Waals surface area contributed by atoms with Gasteiger partial charge in [-0.15, -0.1) is 0 Å². The predicted octanol–water partition coefficient (Wildman–Crippen LogP) is 3.23. The van der Waals surface area contributed by atoms with Crippen LogP contribution < -0.4 is 3.71 Å². The molecule has 1 heterocycles. The Morgan fingerprint density at radius 2 is 1.55 bits per heavy atom. The zero-order chi connectivity index (χ0) is 21.2. The molecule has 0 N–H and O–H groups in total. The molecule has 0 radical (unpaired) electrons. The third-order valence-electron chi connectivity index (χ3n) is 3.75. The van der Waals surface area contributed by atoms with Gasteiger partial charge in [-0.05, 0) is 36.4 Å². The van der Waals surface area contributed by atoms with E-state index in [0.717, 1.165) is 18.3 Å². The number of rotatable bonds is 6. The molecular formula is C17H12ClN3O6S2. The maximum atomic E-state index is 13.3. The fraction of sp³-hybridized carbons (Fsp3) is 0. The Morgan fingerprint density at radius 1 is 0.897 bits per heavy atom. The topological polar surface area (TPSA) is 128 Å². The number of para-hydroxylation sites is 1. The molecule has 0 saturated carbocycles. The monoisotopic (exact) mass is 453 g/mol. The van der Waals surface area contributed by atoms with Crippen molar-refractivity contribution in [3.05, 3.63) is 88.2 Å². The lowest BCUT2D eigenvalue weighted by atomic mass is 10.3. The minimum atomic E-state index is -4.78. The first-order valence-corrected chi connectivity index (χ1v) is 11.1. The van der Waals surface area contributed by atoms with Crippen LogP contribution in [0.4, 0.5) is 11.4 Å². The number of hydrogen-bond donors (Lipinski definition) is 0. The van der Waals surface area contributed by atoms with E-state index in [4.69, 9.17) is 11.6 Å². The van der Waals surface area contributed by atoms with Crippen molar-refractivity contribution in [1.82, 2.24) is 4.98 Å². The molecule has 2 aromatic carbocycles. The highest BCUT2D eigenvalue weighted by molar-refractivity contribution is 8.10. The van der Waals surface area contributed by atoms with Crippen molar-refractivity contribution in [3.63, 3.8) is 0 Å². The van der Waals surface area contributed by atoms with Gasteiger partial charge in [0.1, 0.15) is 9.92 Å². The number of nitro benzene ring substituents is 1. The zero-order valence-electron chi connectivity index (χ0n) is 14.4. The average molecular weight is 454 g/mol. The van der Waals surface area contributed by atoms with Crippen molar-refractivity contribution in [2.45, 2.75) is 9.79 Å². The van der Waals surface area contributed by atoms with Crippen LogP contribution in [0.2, 0.25) is 5.02 Å². The maximum Gasteiger partial charge on any atom is 0.289 e. The molecule has 3 rings (SSSR count). The lowest BCUT2D eigenvalue weighted by Gasteiger charge is -2.24. The largest absolute Gasteiger partial charge is 0.289 e. The normalized spacial score (nSPS) is 11.8. The summed E-state index contributed by atoms with van der Waals surface area (Å²) in [6, 6.07) is 12.3. The molecule has 0 bridgehead atoms. The number of halogens is 1. The van der Waals surface area contributed by atoms with Gasteiger partial charge in [0.2, 0.25) is 0 Å². The third kappa shape index (κ3) is 3.92. The fourth-order valence-electron chi connectivity index (χ4n) is 2.44. The van der Waals surface area contributed by atoms with Gasteiger partial charge in [0.05, 0.1) is 15.5 Å². The summed E-state index contributed by atoms with van der Waals surface area (Å²) in [7, 11) is -9.40. The Morgan fingerprint density at radius 3 is 2.14 bits per heavy atom. The van der Waals surface area contributed by atoms with E-state index < -0.39 is 35.6 Å². The van der Waals surface area contributed by atoms with E-state index in [2.05, 4.69) is 4.98 Å². The van der Waals surface area contributed by atoms with Gasteiger partial charge in [0, 0.05) is 18.5 Å². The molecule has 0 fully saturated rings. The van der Waals surface area contributed by atoms with Crippen molar-refractivity contribution < 1.29 is 21.8 Å². The van der Waals surface area contributed by atoms with Crippen LogP contribution in [0.1, 0.15) is 0 Å². The molecule has 0 aliphatic rings. The molecule has 150 valence electrons. The highest BCUT2D eigenvalue weighted by Gasteiger charge is 2.38. The Bertz CT molecular complexity index is 1270. The molecule has 0 aliphatic heterocycles. The molecule has 0 spiro atoms. The number of hydrogen-bond acceptors (Lipinski definition) is 7. The first-order valence-electron chi connectivity index (χ1n) is 7.85. The molecule has 3 aromatic rings. The number of sulfonamides is 2. The third-order valence-corrected chi connectivity index (χ3v) is 8.23. The average Bonchev–Trinajstić information content (AvgIpc) is 2.69. The van der Waals surface area contributed by atoms with E-state index in [1.165, 1.54) is 42.6 Å². The molecule has 29 heavy (non-hydrogen) atoms. The molecule has 0 unspecified atom stereocenters. The van der Waals surface area contributed by atoms with Crippen LogP contribution in [-0.4, -0.2) is 26.7 Å². The van der Waals surface area contributed by atoms with E-state index in [1.807, 2.05) is 0 Å². The van der Waals surface area contributed by atoms with E-state index in [1.54, 1.807) is 6.07 Å². The lowest BCUT2D eigenvalue weighted by Crippen LogP contribution is -2.37. The van der Waals surface area contributed by atoms with E-state index in [-0.39, 0.29) is 19.3 Å². The Hall–Kier alpha value is -3.02. The second-order valence-electron chi connectivity index (χ2n) is 5.60. The molecule has 1 aromatic heterocycles. The van der Waals surface area contributed by atoms with Crippen LogP contribution in [0.3, 0.4) is 0 Å². The van der Waals surface area contributed by atoms with E-state index in [9.17, 15) is 26.9 Å². The summed E-state index contributed by atoms with van der Waals surface area (Å²) in [5.41, 5.74) is -0.839. The Kier molecular flexibility index (Phi) is 5.55. The van der Waals surface area contributed by atoms with Crippen LogP contribution in [-0.2, 0) is 20.0 Å². The number of aromatic nitrogens is 1. The fourth-order valence-corrected chi connectivity index (χ4v) is 6.30. The maximum absolute atomic E-state index is 13.3. The SMILES string of the molecule is O=[N+]([O-])c1cc(S(=O)(=O)N(c2ccccc2)S(=O)(=O)c2cccnc2)ccc1Cl. The molecule has 12 heteroatoms. The molecule has 9 nitrogen and oxygen atoms in total. The number of anilines is 1. The summed E-state index contributed by atoms with van der Waals surface area (Å²) in [4.78, 5) is 13.0. The summed E-state index contributed by atoms with van der Waals surface area (Å²) in [6.07, 6.45) is 2.34. The van der Waals surface area contributed by atoms with Crippen LogP contribution >= 0.6 is 11.6 Å². The van der Waals surface area contributed by atoms with Crippen LogP contribution in [0.25, 0.3) is 0 Å². The van der Waals surface area contributed by atoms with Gasteiger partial charge in [-0.3, -0.25) is 15.1 Å². The van der Waals surface area contributed by atoms with Gasteiger partial charge in [-0.2, -0.15) is 12.1 Å². The standard InChI is InChI=1S/C17H12ClN3O6S2/c18-16-9-8-14(11-17(16)20(22)23)28(24,25)21(13-5-2-1-3-6-13)29(26,27)15-7-4-10-19-12-15/h1-12H. The van der Waals surface area contributed by atoms with Crippen LogP contribution in [0, 0.1) is 10.1 Å². The zero-order valence-corrected chi connectivity index (χ0v) is 16.8. The Labute approximate surface area is 171 Å². The molecule has 0 amide bonds. The lowest BCUT2D eigenvalue weighted by molar-refractivity contribution is -0.384. The molecule has 0 saturated heterocycles. The quantitative estimate of drug-likeness (QED) is 0.414. The van der Waals surface area contributed by atoms with Gasteiger partial charge in [0.25, 0.3) is 25.7 Å². The van der Waals surface area contributed by atoms with Gasteiger partial charge in [-0.1, -0.05) is 29.8 Å². The van der Waals surface area contributed by atoms with Gasteiger partial charge in [0.15, 0.2) is 0 Å². The number of pyridine rings is 1. The number of nitrogens with zero attached hydrogens (tertiary/aromatic N) is 3. The molecule has 0 aliphatic carbocycles. The van der Waals surface area contributed by atoms with E-state index in [0.29, 0.717) is 6.07 Å². The highest BCUT2D eigenvalue weighted by atomic mass is 35.5. The van der Waals surface area contributed by atoms with Gasteiger partial charge in [-0.25, -0.2) is 8.42 Å². The second kappa shape index (κ2) is 7.78. The van der Waals surface area contributed by atoms with Crippen LogP contribution in [0.15, 0.2) is 82.8 Å². The minimum absolute atomic E-state index is 0.172. The smallest absolute Gasteiger partial charge is 0.263 e. The van der Waals surface area contributed by atoms with Gasteiger partial charge < -0.3 is 0 Å². The van der Waals surface area contributed by atoms with Crippen molar-refractivity contribution in [3.8, 4) is 0 Å². The number of nitro groups is 1. The summed E-state index contributed by atoms with van der Waals surface area (Å²) < 4.78 is 53.2. The summed E-state index contributed by atoms with van der Waals surface area (Å²) in [6.45, 7) is 0. The summed E-state index contributed by atoms with van der Waals surface area (Å²) in [5, 5.41) is 10.9. The van der Waals surface area contributed by atoms with Crippen molar-refractivity contribution in [2.24, 2.45) is 0 Å². The van der Waals surface area contributed by atoms with Crippen LogP contribution in [0.5, 0.6) is 0 Å². The summed E-state index contributed by atoms with van der Waals surface area (Å²) >= 11 is 5.75. The molecular weight excluding hydrogens is 442 g/mol. The summed E-state index contributed by atoms with van der Waals surface area (Å²) in [5.74, 6) is 0. The first-order chi connectivity index (χ1) is 13.7. The number of benzene rings is 2.